The van der Waals surface area contributed by atoms with Crippen LogP contribution < -0.4 is 20.5 Å². The fraction of sp³-hybridized carbons (Fsp3) is 0.421. The molecule has 1 unspecified atom stereocenters. The minimum absolute atomic E-state index is 0.0182. The van der Waals surface area contributed by atoms with Gasteiger partial charge in [0.05, 0.1) is 16.9 Å². The van der Waals surface area contributed by atoms with Gasteiger partial charge in [-0.25, -0.2) is 14.7 Å². The molecule has 160 valence electrons. The molecule has 2 aliphatic rings. The molecule has 0 bridgehead atoms. The van der Waals surface area contributed by atoms with Crippen LogP contribution in [0.1, 0.15) is 23.3 Å². The van der Waals surface area contributed by atoms with Crippen molar-refractivity contribution >= 4 is 28.5 Å². The predicted octanol–water partition coefficient (Wildman–Crippen LogP) is 0.418. The van der Waals surface area contributed by atoms with Gasteiger partial charge in [-0.15, -0.1) is 0 Å². The Kier molecular flexibility index (Phi) is 4.86. The summed E-state index contributed by atoms with van der Waals surface area (Å²) in [5.41, 5.74) is 0.472. The average molecular weight is 420 g/mol. The van der Waals surface area contributed by atoms with Crippen molar-refractivity contribution < 1.29 is 29.0 Å². The maximum Gasteiger partial charge on any atom is 0.341 e. The van der Waals surface area contributed by atoms with Crippen LogP contribution in [-0.2, 0) is 4.79 Å². The Bertz CT molecular complexity index is 1110. The molecule has 2 aromatic rings. The second kappa shape index (κ2) is 7.26. The van der Waals surface area contributed by atoms with Crippen LogP contribution in [0.4, 0.5) is 10.1 Å². The fourth-order valence-electron chi connectivity index (χ4n) is 4.06. The number of halogens is 1. The summed E-state index contributed by atoms with van der Waals surface area (Å²) in [6.07, 6.45) is -0.129. The minimum Gasteiger partial charge on any atom is -0.477 e. The molecule has 2 atom stereocenters. The summed E-state index contributed by atoms with van der Waals surface area (Å²) >= 11 is 0. The number of benzene rings is 1. The molecule has 1 aromatic heterocycles. The van der Waals surface area contributed by atoms with E-state index in [1.165, 1.54) is 10.0 Å². The molecule has 1 aromatic carbocycles. The first-order valence-corrected chi connectivity index (χ1v) is 9.43. The Labute approximate surface area is 170 Å². The zero-order valence-corrected chi connectivity index (χ0v) is 16.4. The van der Waals surface area contributed by atoms with Crippen LogP contribution in [0.25, 0.3) is 10.9 Å². The lowest BCUT2D eigenvalue weighted by Crippen LogP contribution is -2.47. The third kappa shape index (κ3) is 2.97. The highest BCUT2D eigenvalue weighted by molar-refractivity contribution is 5.98. The van der Waals surface area contributed by atoms with Gasteiger partial charge in [-0.1, -0.05) is 0 Å². The molecule has 11 heteroatoms. The summed E-state index contributed by atoms with van der Waals surface area (Å²) in [6, 6.07) is 0.261. The van der Waals surface area contributed by atoms with Gasteiger partial charge in [0.15, 0.2) is 17.7 Å². The van der Waals surface area contributed by atoms with E-state index in [0.717, 1.165) is 12.3 Å². The van der Waals surface area contributed by atoms with E-state index in [-0.39, 0.29) is 22.3 Å². The molecule has 2 aliphatic heterocycles. The van der Waals surface area contributed by atoms with Crippen molar-refractivity contribution in [3.05, 3.63) is 33.9 Å². The molecule has 0 spiro atoms. The van der Waals surface area contributed by atoms with E-state index in [1.807, 2.05) is 7.05 Å². The fourth-order valence-corrected chi connectivity index (χ4v) is 4.06. The molecule has 1 amide bonds. The van der Waals surface area contributed by atoms with Crippen molar-refractivity contribution in [3.8, 4) is 5.75 Å². The highest BCUT2D eigenvalue weighted by Crippen LogP contribution is 2.43. The lowest BCUT2D eigenvalue weighted by Gasteiger charge is -2.38. The lowest BCUT2D eigenvalue weighted by atomic mass is 10.0. The van der Waals surface area contributed by atoms with Gasteiger partial charge in [0, 0.05) is 32.4 Å². The van der Waals surface area contributed by atoms with Gasteiger partial charge in [0.25, 0.3) is 5.91 Å². The quantitative estimate of drug-likeness (QED) is 0.482. The van der Waals surface area contributed by atoms with Gasteiger partial charge in [0.2, 0.25) is 5.43 Å². The van der Waals surface area contributed by atoms with Crippen molar-refractivity contribution in [2.24, 2.45) is 0 Å². The van der Waals surface area contributed by atoms with E-state index >= 15 is 4.39 Å². The van der Waals surface area contributed by atoms with Crippen LogP contribution in [0.2, 0.25) is 0 Å². The Hall–Kier alpha value is -3.18. The number of carboxylic acids is 1. The largest absolute Gasteiger partial charge is 0.477 e. The van der Waals surface area contributed by atoms with E-state index in [2.05, 4.69) is 4.90 Å². The number of rotatable bonds is 3. The maximum absolute atomic E-state index is 15.2. The molecular formula is C19H21FN4O6. The Morgan fingerprint density at radius 1 is 1.27 bits per heavy atom. The number of hydrogen-bond acceptors (Lipinski definition) is 7. The predicted molar refractivity (Wildman–Crippen MR) is 104 cm³/mol. The summed E-state index contributed by atoms with van der Waals surface area (Å²) in [6.45, 7) is 3.94. The van der Waals surface area contributed by atoms with Gasteiger partial charge in [-0.3, -0.25) is 14.8 Å². The number of likely N-dealkylation sites (N-methyl/N-ethyl adjacent to an activating group) is 1. The highest BCUT2D eigenvalue weighted by Gasteiger charge is 2.38. The first kappa shape index (κ1) is 20.1. The molecular weight excluding hydrogens is 399 g/mol. The number of hydrogen-bond donors (Lipinski definition) is 3. The number of nitrogens with one attached hydrogen (secondary N) is 1. The van der Waals surface area contributed by atoms with E-state index in [1.54, 1.807) is 11.8 Å². The van der Waals surface area contributed by atoms with Crippen LogP contribution in [0.3, 0.4) is 0 Å². The first-order valence-electron chi connectivity index (χ1n) is 9.43. The summed E-state index contributed by atoms with van der Waals surface area (Å²) < 4.78 is 22.5. The molecule has 30 heavy (non-hydrogen) atoms. The monoisotopic (exact) mass is 420 g/mol. The summed E-state index contributed by atoms with van der Waals surface area (Å²) in [4.78, 5) is 40.4. The van der Waals surface area contributed by atoms with Crippen LogP contribution >= 0.6 is 0 Å². The van der Waals surface area contributed by atoms with Gasteiger partial charge in [-0.2, -0.15) is 0 Å². The van der Waals surface area contributed by atoms with E-state index in [9.17, 15) is 19.5 Å². The van der Waals surface area contributed by atoms with Crippen molar-refractivity contribution in [2.75, 3.05) is 38.1 Å². The van der Waals surface area contributed by atoms with Crippen LogP contribution in [-0.4, -0.2) is 71.0 Å². The average Bonchev–Trinajstić information content (AvgIpc) is 2.71. The topological polar surface area (TPSA) is 124 Å². The van der Waals surface area contributed by atoms with Crippen molar-refractivity contribution in [1.82, 2.24) is 14.9 Å². The molecule has 0 radical (unpaired) electrons. The van der Waals surface area contributed by atoms with E-state index in [4.69, 9.17) is 9.94 Å². The molecule has 10 nitrogen and oxygen atoms in total. The first-order chi connectivity index (χ1) is 14.2. The second-order valence-electron chi connectivity index (χ2n) is 7.56. The number of amides is 1. The summed E-state index contributed by atoms with van der Waals surface area (Å²) in [5.74, 6) is -3.09. The highest BCUT2D eigenvalue weighted by atomic mass is 19.1. The number of carbonyl (C=O) groups excluding carboxylic acids is 1. The second-order valence-corrected chi connectivity index (χ2v) is 7.56. The van der Waals surface area contributed by atoms with Crippen LogP contribution in [0.15, 0.2) is 17.1 Å². The molecule has 1 saturated heterocycles. The Balaban J connectivity index is 2.03. The normalized spacial score (nSPS) is 21.4. The molecule has 3 N–H and O–H groups in total. The molecule has 0 aliphatic carbocycles. The number of anilines is 1. The number of aromatic nitrogens is 1. The van der Waals surface area contributed by atoms with Gasteiger partial charge in [0.1, 0.15) is 11.3 Å². The zero-order chi connectivity index (χ0) is 21.7. The maximum atomic E-state index is 15.2. The summed E-state index contributed by atoms with van der Waals surface area (Å²) in [7, 11) is 1.95. The number of pyridine rings is 1. The zero-order valence-electron chi connectivity index (χ0n) is 16.4. The number of ether oxygens (including phenoxy) is 1. The SMILES string of the molecule is C[C@H]1C(C(=O)NO)Oc2c(N3CCN(C)CC3)c(F)cc3c(=O)c(C(=O)O)cn1c23. The standard InChI is InChI=1S/C19H21FN4O6/c1-9-16(18(26)21-29)30-17-13-10(15(25)11(19(27)28)8-24(9)13)7-12(20)14(17)23-5-3-22(2)4-6-23/h7-9,16,29H,3-6H2,1-2H3,(H,21,26)(H,27,28)/t9-,16?/m0/s1. The lowest BCUT2D eigenvalue weighted by molar-refractivity contribution is -0.138. The number of carbonyl (C=O) groups is 2. The van der Waals surface area contributed by atoms with Gasteiger partial charge < -0.3 is 24.2 Å². The number of nitrogens with zero attached hydrogens (tertiary/aromatic N) is 3. The number of hydroxylamine groups is 1. The van der Waals surface area contributed by atoms with Gasteiger partial charge >= 0.3 is 5.97 Å². The minimum atomic E-state index is -1.46. The Morgan fingerprint density at radius 3 is 2.53 bits per heavy atom. The molecule has 0 saturated carbocycles. The third-order valence-electron chi connectivity index (χ3n) is 5.74. The summed E-state index contributed by atoms with van der Waals surface area (Å²) in [5, 5.41) is 18.4. The van der Waals surface area contributed by atoms with Crippen LogP contribution in [0.5, 0.6) is 5.75 Å². The van der Waals surface area contributed by atoms with Crippen molar-refractivity contribution in [3.63, 3.8) is 0 Å². The molecule has 1 fully saturated rings. The molecule has 4 rings (SSSR count). The van der Waals surface area contributed by atoms with Gasteiger partial charge in [-0.05, 0) is 20.0 Å². The van der Waals surface area contributed by atoms with Crippen molar-refractivity contribution in [1.29, 1.82) is 0 Å². The number of aromatic carboxylic acids is 1. The van der Waals surface area contributed by atoms with Crippen LogP contribution in [0, 0.1) is 5.82 Å². The van der Waals surface area contributed by atoms with Crippen molar-refractivity contribution in [2.45, 2.75) is 19.1 Å². The smallest absolute Gasteiger partial charge is 0.341 e. The Morgan fingerprint density at radius 2 is 1.93 bits per heavy atom. The van der Waals surface area contributed by atoms with E-state index in [0.29, 0.717) is 26.2 Å². The molecule has 3 heterocycles. The number of piperazine rings is 1. The number of carboxylic acid groups (broad SMARTS) is 1. The third-order valence-corrected chi connectivity index (χ3v) is 5.74. The van der Waals surface area contributed by atoms with E-state index < -0.39 is 40.8 Å².